The monoisotopic (exact) mass is 529 g/mol. The van der Waals surface area contributed by atoms with Crippen LogP contribution in [-0.4, -0.2) is 26.8 Å². The summed E-state index contributed by atoms with van der Waals surface area (Å²) in [4.78, 5) is 28.3. The molecule has 0 spiro atoms. The van der Waals surface area contributed by atoms with Crippen molar-refractivity contribution in [2.24, 2.45) is 5.90 Å². The van der Waals surface area contributed by atoms with E-state index in [1.165, 1.54) is 12.1 Å². The van der Waals surface area contributed by atoms with E-state index in [0.717, 1.165) is 21.0 Å². The number of aryl methyl sites for hydroxylation is 2. The molecule has 0 saturated heterocycles. The first-order valence-corrected chi connectivity index (χ1v) is 13.0. The number of anilines is 1. The Bertz CT molecular complexity index is 1330. The van der Waals surface area contributed by atoms with E-state index >= 15 is 0 Å². The van der Waals surface area contributed by atoms with Gasteiger partial charge in [-0.2, -0.15) is 5.90 Å². The van der Waals surface area contributed by atoms with Crippen molar-refractivity contribution in [2.75, 3.05) is 10.8 Å². The average molecular weight is 530 g/mol. The number of sulfonamides is 1. The number of nitrogens with two attached hydrogens (primary N) is 1. The predicted molar refractivity (Wildman–Crippen MR) is 139 cm³/mol. The number of halogens is 1. The second kappa shape index (κ2) is 12.0. The molecule has 10 heteroatoms. The number of nitrogens with zero attached hydrogens (tertiary/aromatic N) is 1. The number of hydrogen-bond donors (Lipinski definition) is 2. The van der Waals surface area contributed by atoms with Gasteiger partial charge < -0.3 is 10.2 Å². The van der Waals surface area contributed by atoms with Crippen LogP contribution in [0.4, 0.5) is 5.69 Å². The largest absolute Gasteiger partial charge is 0.373 e. The third-order valence-electron chi connectivity index (χ3n) is 5.67. The van der Waals surface area contributed by atoms with Crippen LogP contribution in [0.3, 0.4) is 0 Å². The number of nitrogens with one attached hydrogen (secondary N) is 1. The smallest absolute Gasteiger partial charge is 0.324 e. The Balaban J connectivity index is 1.76. The van der Waals surface area contributed by atoms with Gasteiger partial charge in [0, 0.05) is 11.6 Å². The van der Waals surface area contributed by atoms with Gasteiger partial charge in [-0.1, -0.05) is 59.6 Å². The van der Waals surface area contributed by atoms with Gasteiger partial charge in [-0.25, -0.2) is 8.42 Å². The molecule has 8 nitrogen and oxygen atoms in total. The van der Waals surface area contributed by atoms with Gasteiger partial charge >= 0.3 is 5.97 Å². The molecule has 3 aromatic rings. The summed E-state index contributed by atoms with van der Waals surface area (Å²) in [6.45, 7) is 3.36. The highest BCUT2D eigenvalue weighted by Crippen LogP contribution is 2.30. The van der Waals surface area contributed by atoms with Gasteiger partial charge in [-0.05, 0) is 61.2 Å². The molecule has 0 aliphatic rings. The molecule has 0 aliphatic carbocycles. The third kappa shape index (κ3) is 6.84. The molecule has 3 rings (SSSR count). The van der Waals surface area contributed by atoms with Crippen LogP contribution in [0.25, 0.3) is 0 Å². The fraction of sp³-hybridized carbons (Fsp3) is 0.231. The molecule has 0 unspecified atom stereocenters. The van der Waals surface area contributed by atoms with Gasteiger partial charge in [-0.3, -0.25) is 13.9 Å². The molecule has 0 heterocycles. The maximum atomic E-state index is 13.5. The van der Waals surface area contributed by atoms with Gasteiger partial charge in [0.15, 0.2) is 0 Å². The van der Waals surface area contributed by atoms with Crippen molar-refractivity contribution in [1.82, 2.24) is 5.32 Å². The molecule has 0 aromatic heterocycles. The van der Waals surface area contributed by atoms with E-state index in [2.05, 4.69) is 10.2 Å². The Hall–Kier alpha value is -3.40. The predicted octanol–water partition coefficient (Wildman–Crippen LogP) is 3.82. The fourth-order valence-electron chi connectivity index (χ4n) is 3.52. The van der Waals surface area contributed by atoms with E-state index in [4.69, 9.17) is 17.5 Å². The van der Waals surface area contributed by atoms with Crippen LogP contribution in [0.2, 0.25) is 5.02 Å². The summed E-state index contributed by atoms with van der Waals surface area (Å²) in [7, 11) is -4.04. The molecule has 0 saturated carbocycles. The van der Waals surface area contributed by atoms with E-state index in [1.807, 2.05) is 31.2 Å². The minimum atomic E-state index is -4.04. The first kappa shape index (κ1) is 27.2. The first-order chi connectivity index (χ1) is 17.1. The highest BCUT2D eigenvalue weighted by molar-refractivity contribution is 7.92. The molecule has 3 N–H and O–H groups in total. The van der Waals surface area contributed by atoms with Crippen LogP contribution >= 0.6 is 11.6 Å². The van der Waals surface area contributed by atoms with Crippen molar-refractivity contribution >= 4 is 39.2 Å². The van der Waals surface area contributed by atoms with Gasteiger partial charge in [0.05, 0.1) is 17.0 Å². The molecule has 0 fully saturated rings. The SMILES string of the molecule is Cc1ccc(S(=O)(=O)N(CC(=O)NCc2ccc(CCC(=O)ON)cc2)c2cccc(Cl)c2C)cc1. The highest BCUT2D eigenvalue weighted by atomic mass is 35.5. The third-order valence-corrected chi connectivity index (χ3v) is 7.85. The van der Waals surface area contributed by atoms with Gasteiger partial charge in [0.1, 0.15) is 6.54 Å². The zero-order valence-electron chi connectivity index (χ0n) is 20.0. The minimum absolute atomic E-state index is 0.0781. The Morgan fingerprint density at radius 3 is 2.25 bits per heavy atom. The number of carbonyl (C=O) groups is 2. The highest BCUT2D eigenvalue weighted by Gasteiger charge is 2.28. The number of benzene rings is 3. The van der Waals surface area contributed by atoms with Gasteiger partial charge in [0.25, 0.3) is 10.0 Å². The number of amides is 1. The lowest BCUT2D eigenvalue weighted by Crippen LogP contribution is -2.41. The molecule has 0 atom stereocenters. The van der Waals surface area contributed by atoms with Crippen LogP contribution < -0.4 is 15.5 Å². The van der Waals surface area contributed by atoms with Crippen LogP contribution in [0.15, 0.2) is 71.6 Å². The molecule has 190 valence electrons. The lowest BCUT2D eigenvalue weighted by Gasteiger charge is -2.26. The van der Waals surface area contributed by atoms with Gasteiger partial charge in [0.2, 0.25) is 5.91 Å². The van der Waals surface area contributed by atoms with Crippen molar-refractivity contribution < 1.29 is 22.8 Å². The van der Waals surface area contributed by atoms with E-state index in [1.54, 1.807) is 37.3 Å². The van der Waals surface area contributed by atoms with Crippen LogP contribution in [0, 0.1) is 13.8 Å². The second-order valence-electron chi connectivity index (χ2n) is 8.29. The average Bonchev–Trinajstić information content (AvgIpc) is 2.87. The summed E-state index contributed by atoms with van der Waals surface area (Å²) in [6, 6.07) is 18.7. The molecule has 1 amide bonds. The summed E-state index contributed by atoms with van der Waals surface area (Å²) in [5.74, 6) is 3.88. The van der Waals surface area contributed by atoms with Crippen LogP contribution in [0.1, 0.15) is 28.7 Å². The Morgan fingerprint density at radius 2 is 1.61 bits per heavy atom. The number of hydrogen-bond acceptors (Lipinski definition) is 6. The first-order valence-electron chi connectivity index (χ1n) is 11.2. The maximum absolute atomic E-state index is 13.5. The van der Waals surface area contributed by atoms with E-state index in [-0.39, 0.29) is 17.9 Å². The fourth-order valence-corrected chi connectivity index (χ4v) is 5.17. The van der Waals surface area contributed by atoms with E-state index in [0.29, 0.717) is 22.7 Å². The molecular weight excluding hydrogens is 502 g/mol. The Kier molecular flexibility index (Phi) is 9.08. The zero-order chi connectivity index (χ0) is 26.3. The Labute approximate surface area is 216 Å². The summed E-state index contributed by atoms with van der Waals surface area (Å²) >= 11 is 6.26. The molecule has 0 bridgehead atoms. The van der Waals surface area contributed by atoms with Crippen molar-refractivity contribution in [1.29, 1.82) is 0 Å². The molecule has 0 radical (unpaired) electrons. The van der Waals surface area contributed by atoms with Crippen LogP contribution in [-0.2, 0) is 37.4 Å². The van der Waals surface area contributed by atoms with Crippen LogP contribution in [0.5, 0.6) is 0 Å². The van der Waals surface area contributed by atoms with Crippen molar-refractivity contribution in [3.63, 3.8) is 0 Å². The lowest BCUT2D eigenvalue weighted by atomic mass is 10.1. The molecule has 0 aliphatic heterocycles. The maximum Gasteiger partial charge on any atom is 0.324 e. The topological polar surface area (TPSA) is 119 Å². The Morgan fingerprint density at radius 1 is 0.972 bits per heavy atom. The summed E-state index contributed by atoms with van der Waals surface area (Å²) in [5.41, 5.74) is 3.54. The quantitative estimate of drug-likeness (QED) is 0.385. The summed E-state index contributed by atoms with van der Waals surface area (Å²) < 4.78 is 28.2. The zero-order valence-corrected chi connectivity index (χ0v) is 21.6. The van der Waals surface area contributed by atoms with Gasteiger partial charge in [-0.15, -0.1) is 0 Å². The minimum Gasteiger partial charge on any atom is -0.373 e. The standard InChI is InChI=1S/C26H28ClN3O5S/c1-18-6-13-22(14-7-18)36(33,34)30(24-5-3-4-23(27)19(24)2)17-25(31)29-16-21-10-8-20(9-11-21)12-15-26(32)35-28/h3-11,13-14H,12,15-17,28H2,1-2H3,(H,29,31). The summed E-state index contributed by atoms with van der Waals surface area (Å²) in [6.07, 6.45) is 0.647. The van der Waals surface area contributed by atoms with E-state index < -0.39 is 28.4 Å². The van der Waals surface area contributed by atoms with E-state index in [9.17, 15) is 18.0 Å². The van der Waals surface area contributed by atoms with Crippen molar-refractivity contribution in [2.45, 2.75) is 38.1 Å². The molecule has 3 aromatic carbocycles. The molecule has 36 heavy (non-hydrogen) atoms. The van der Waals surface area contributed by atoms with Crippen molar-refractivity contribution in [3.05, 3.63) is 94.0 Å². The normalized spacial score (nSPS) is 11.1. The molecular formula is C26H28ClN3O5S. The lowest BCUT2D eigenvalue weighted by molar-refractivity contribution is -0.144. The van der Waals surface area contributed by atoms with Crippen molar-refractivity contribution in [3.8, 4) is 0 Å². The number of rotatable bonds is 10. The summed E-state index contributed by atoms with van der Waals surface area (Å²) in [5, 5.41) is 3.18. The second-order valence-corrected chi connectivity index (χ2v) is 10.6. The number of carbonyl (C=O) groups excluding carboxylic acids is 2.